The van der Waals surface area contributed by atoms with Crippen molar-refractivity contribution in [2.75, 3.05) is 0 Å². The minimum Gasteiger partial charge on any atom is -0.460 e. The molecule has 2 bridgehead atoms. The van der Waals surface area contributed by atoms with Gasteiger partial charge in [-0.25, -0.2) is 4.79 Å². The lowest BCUT2D eigenvalue weighted by atomic mass is 9.86. The van der Waals surface area contributed by atoms with Gasteiger partial charge in [0, 0.05) is 11.5 Å². The number of carbonyl (C=O) groups excluding carboxylic acids is 2. The highest BCUT2D eigenvalue weighted by molar-refractivity contribution is 5.91. The van der Waals surface area contributed by atoms with Crippen molar-refractivity contribution in [1.29, 1.82) is 0 Å². The number of carbonyl (C=O) groups is 2. The number of hydrogen-bond donors (Lipinski definition) is 0. The van der Waals surface area contributed by atoms with Gasteiger partial charge in [0.25, 0.3) is 6.47 Å². The minimum absolute atomic E-state index is 0.0390. The fourth-order valence-electron chi connectivity index (χ4n) is 2.73. The molecule has 4 heteroatoms. The maximum atomic E-state index is 11.8. The van der Waals surface area contributed by atoms with Crippen molar-refractivity contribution < 1.29 is 19.1 Å². The van der Waals surface area contributed by atoms with E-state index in [9.17, 15) is 9.59 Å². The van der Waals surface area contributed by atoms with E-state index in [4.69, 9.17) is 9.47 Å². The van der Waals surface area contributed by atoms with Crippen LogP contribution in [0.5, 0.6) is 0 Å². The fraction of sp³-hybridized carbons (Fsp3) is 0.500. The molecule has 0 fully saturated rings. The Morgan fingerprint density at radius 1 is 1.55 bits per heavy atom. The molecule has 1 aliphatic heterocycles. The minimum atomic E-state index is -0.293. The molecule has 0 aromatic carbocycles. The normalized spacial score (nSPS) is 29.9. The van der Waals surface area contributed by atoms with Gasteiger partial charge in [0.1, 0.15) is 12.2 Å². The summed E-state index contributed by atoms with van der Waals surface area (Å²) in [6, 6.07) is 0. The summed E-state index contributed by atoms with van der Waals surface area (Å²) in [5, 5.41) is 0. The van der Waals surface area contributed by atoms with E-state index in [-0.39, 0.29) is 24.1 Å². The Balaban J connectivity index is 2.31. The van der Waals surface area contributed by atoms with E-state index in [1.807, 2.05) is 26.0 Å². The van der Waals surface area contributed by atoms with Crippen molar-refractivity contribution in [3.8, 4) is 0 Å². The second-order valence-corrected chi connectivity index (χ2v) is 5.46. The van der Waals surface area contributed by atoms with Gasteiger partial charge in [-0.15, -0.1) is 0 Å². The number of esters is 1. The molecule has 20 heavy (non-hydrogen) atoms. The van der Waals surface area contributed by atoms with Crippen molar-refractivity contribution >= 4 is 12.4 Å². The highest BCUT2D eigenvalue weighted by Crippen LogP contribution is 2.33. The number of allylic oxidation sites excluding steroid dienone is 1. The number of hydrogen-bond acceptors (Lipinski definition) is 4. The van der Waals surface area contributed by atoms with Gasteiger partial charge in [-0.05, 0) is 44.8 Å². The average Bonchev–Trinajstić information content (AvgIpc) is 2.74. The van der Waals surface area contributed by atoms with Gasteiger partial charge < -0.3 is 9.47 Å². The second-order valence-electron chi connectivity index (χ2n) is 5.46. The molecule has 4 nitrogen and oxygen atoms in total. The highest BCUT2D eigenvalue weighted by atomic mass is 16.5. The summed E-state index contributed by atoms with van der Waals surface area (Å²) < 4.78 is 10.6. The molecule has 0 amide bonds. The Hall–Kier alpha value is -1.84. The van der Waals surface area contributed by atoms with Crippen LogP contribution in [-0.4, -0.2) is 24.6 Å². The summed E-state index contributed by atoms with van der Waals surface area (Å²) in [7, 11) is 0. The first-order valence-corrected chi connectivity index (χ1v) is 6.85. The Morgan fingerprint density at radius 2 is 2.30 bits per heavy atom. The predicted molar refractivity (Wildman–Crippen MR) is 74.8 cm³/mol. The standard InChI is InChI=1S/C16H20O4/c1-10(2)13-8-14(19-9-17)11(3)5-4-6-12-7-15(13)20-16(12)18/h5,7,9,13-15H,1,4,6,8H2,2-3H3/t13-,14+,15-/m0/s1. The van der Waals surface area contributed by atoms with Crippen LogP contribution in [0.15, 0.2) is 35.5 Å². The molecular formula is C16H20O4. The van der Waals surface area contributed by atoms with E-state index < -0.39 is 0 Å². The van der Waals surface area contributed by atoms with Crippen LogP contribution in [0.3, 0.4) is 0 Å². The molecule has 0 aromatic rings. The van der Waals surface area contributed by atoms with E-state index in [1.165, 1.54) is 0 Å². The number of ether oxygens (including phenoxy) is 2. The topological polar surface area (TPSA) is 52.6 Å². The van der Waals surface area contributed by atoms with Crippen LogP contribution < -0.4 is 0 Å². The van der Waals surface area contributed by atoms with Gasteiger partial charge in [-0.3, -0.25) is 4.79 Å². The average molecular weight is 276 g/mol. The third kappa shape index (κ3) is 3.00. The lowest BCUT2D eigenvalue weighted by Gasteiger charge is -2.26. The maximum absolute atomic E-state index is 11.8. The van der Waals surface area contributed by atoms with E-state index >= 15 is 0 Å². The zero-order valence-electron chi connectivity index (χ0n) is 11.9. The van der Waals surface area contributed by atoms with Crippen molar-refractivity contribution in [1.82, 2.24) is 0 Å². The first-order valence-electron chi connectivity index (χ1n) is 6.85. The molecule has 1 heterocycles. The second kappa shape index (κ2) is 6.07. The fourth-order valence-corrected chi connectivity index (χ4v) is 2.73. The Labute approximate surface area is 119 Å². The maximum Gasteiger partial charge on any atom is 0.334 e. The van der Waals surface area contributed by atoms with Crippen LogP contribution in [-0.2, 0) is 19.1 Å². The summed E-state index contributed by atoms with van der Waals surface area (Å²) >= 11 is 0. The van der Waals surface area contributed by atoms with Crippen LogP contribution in [0.2, 0.25) is 0 Å². The van der Waals surface area contributed by atoms with E-state index in [0.717, 1.165) is 23.1 Å². The smallest absolute Gasteiger partial charge is 0.334 e. The zero-order chi connectivity index (χ0) is 14.7. The third-order valence-electron chi connectivity index (χ3n) is 3.98. The van der Waals surface area contributed by atoms with Crippen LogP contribution in [0.25, 0.3) is 0 Å². The van der Waals surface area contributed by atoms with Crippen molar-refractivity contribution in [2.24, 2.45) is 5.92 Å². The Bertz CT molecular complexity index is 487. The summed E-state index contributed by atoms with van der Waals surface area (Å²) in [5.74, 6) is -0.273. The molecule has 2 aliphatic rings. The molecule has 0 saturated heterocycles. The van der Waals surface area contributed by atoms with Crippen molar-refractivity contribution in [3.63, 3.8) is 0 Å². The molecule has 3 atom stereocenters. The van der Waals surface area contributed by atoms with Gasteiger partial charge in [0.2, 0.25) is 0 Å². The number of fused-ring (bicyclic) bond motifs is 1. The zero-order valence-corrected chi connectivity index (χ0v) is 11.9. The largest absolute Gasteiger partial charge is 0.460 e. The van der Waals surface area contributed by atoms with Gasteiger partial charge in [-0.1, -0.05) is 18.2 Å². The molecule has 0 N–H and O–H groups in total. The quantitative estimate of drug-likeness (QED) is 0.452. The summed E-state index contributed by atoms with van der Waals surface area (Å²) in [4.78, 5) is 22.5. The molecule has 0 aromatic heterocycles. The molecule has 0 spiro atoms. The molecule has 2 rings (SSSR count). The van der Waals surface area contributed by atoms with Crippen LogP contribution in [0, 0.1) is 5.92 Å². The molecule has 108 valence electrons. The van der Waals surface area contributed by atoms with Gasteiger partial charge in [-0.2, -0.15) is 0 Å². The molecular weight excluding hydrogens is 256 g/mol. The Morgan fingerprint density at radius 3 is 2.95 bits per heavy atom. The van der Waals surface area contributed by atoms with Crippen LogP contribution in [0.1, 0.15) is 33.1 Å². The van der Waals surface area contributed by atoms with Crippen molar-refractivity contribution in [2.45, 2.75) is 45.3 Å². The van der Waals surface area contributed by atoms with Gasteiger partial charge >= 0.3 is 5.97 Å². The van der Waals surface area contributed by atoms with Crippen molar-refractivity contribution in [3.05, 3.63) is 35.5 Å². The van der Waals surface area contributed by atoms with Gasteiger partial charge in [0.15, 0.2) is 0 Å². The predicted octanol–water partition coefficient (Wildman–Crippen LogP) is 2.70. The molecule has 0 radical (unpaired) electrons. The SMILES string of the molecule is C=C(C)[C@@H]1C[C@@H](OC=O)C(C)=CCCC2=C[C@@H]1OC2=O. The molecule has 0 saturated carbocycles. The lowest BCUT2D eigenvalue weighted by Crippen LogP contribution is -2.27. The third-order valence-corrected chi connectivity index (χ3v) is 3.98. The monoisotopic (exact) mass is 276 g/mol. The first kappa shape index (κ1) is 14.6. The number of rotatable bonds is 3. The van der Waals surface area contributed by atoms with E-state index in [2.05, 4.69) is 6.58 Å². The van der Waals surface area contributed by atoms with E-state index in [0.29, 0.717) is 19.3 Å². The Kier molecular flexibility index (Phi) is 4.42. The van der Waals surface area contributed by atoms with Gasteiger partial charge in [0.05, 0.1) is 0 Å². The highest BCUT2D eigenvalue weighted by Gasteiger charge is 2.34. The first-order chi connectivity index (χ1) is 9.52. The van der Waals surface area contributed by atoms with Crippen LogP contribution >= 0.6 is 0 Å². The molecule has 1 aliphatic carbocycles. The molecule has 0 unspecified atom stereocenters. The van der Waals surface area contributed by atoms with E-state index in [1.54, 1.807) is 0 Å². The summed E-state index contributed by atoms with van der Waals surface area (Å²) in [6.07, 6.45) is 5.32. The summed E-state index contributed by atoms with van der Waals surface area (Å²) in [5.41, 5.74) is 2.67. The van der Waals surface area contributed by atoms with Crippen LogP contribution in [0.4, 0.5) is 0 Å². The summed E-state index contributed by atoms with van der Waals surface area (Å²) in [6.45, 7) is 8.32. The lowest BCUT2D eigenvalue weighted by molar-refractivity contribution is -0.142.